The Morgan fingerprint density at radius 2 is 2.00 bits per heavy atom. The molecule has 0 bridgehead atoms. The molecule has 0 heterocycles. The highest BCUT2D eigenvalue weighted by atomic mass is 35.5. The number of hydrogen-bond acceptors (Lipinski definition) is 4. The molecule has 126 valence electrons. The van der Waals surface area contributed by atoms with Crippen molar-refractivity contribution < 1.29 is 26.4 Å². The minimum absolute atomic E-state index is 0.0907. The molecule has 0 saturated carbocycles. The monoisotopic (exact) mass is 369 g/mol. The Balaban J connectivity index is 3.10. The summed E-state index contributed by atoms with van der Waals surface area (Å²) in [5, 5.41) is 8.21. The number of halogens is 4. The Morgan fingerprint density at radius 1 is 1.39 bits per heavy atom. The lowest BCUT2D eigenvalue weighted by Crippen LogP contribution is -2.39. The average molecular weight is 370 g/mol. The standard InChI is InChI=1S/C12H11ClF3N3O3S/c13-10-5-9(12(14,15)16)2-1-8(10)7-23(21,22)19(4-3-17)6-11(18)20/h1-2,5H,4,6-7H2,(H2,18,20). The lowest BCUT2D eigenvalue weighted by atomic mass is 10.1. The lowest BCUT2D eigenvalue weighted by molar-refractivity contribution is -0.137. The Hall–Kier alpha value is -1.83. The average Bonchev–Trinajstić information content (AvgIpc) is 2.38. The Labute approximate surface area is 135 Å². The molecule has 11 heteroatoms. The van der Waals surface area contributed by atoms with E-state index >= 15 is 0 Å². The van der Waals surface area contributed by atoms with E-state index in [1.807, 2.05) is 0 Å². The summed E-state index contributed by atoms with van der Waals surface area (Å²) in [6.45, 7) is -1.34. The molecule has 0 radical (unpaired) electrons. The second-order valence-electron chi connectivity index (χ2n) is 4.45. The van der Waals surface area contributed by atoms with E-state index in [1.165, 1.54) is 0 Å². The molecule has 1 amide bonds. The maximum atomic E-state index is 12.5. The van der Waals surface area contributed by atoms with E-state index in [0.29, 0.717) is 16.4 Å². The van der Waals surface area contributed by atoms with Crippen molar-refractivity contribution in [2.45, 2.75) is 11.9 Å². The minimum atomic E-state index is -4.61. The molecular formula is C12H11ClF3N3O3S. The summed E-state index contributed by atoms with van der Waals surface area (Å²) in [4.78, 5) is 10.9. The summed E-state index contributed by atoms with van der Waals surface area (Å²) < 4.78 is 62.4. The number of rotatable bonds is 6. The van der Waals surface area contributed by atoms with Crippen molar-refractivity contribution in [1.29, 1.82) is 5.26 Å². The molecule has 0 saturated heterocycles. The lowest BCUT2D eigenvalue weighted by Gasteiger charge is -2.18. The fourth-order valence-corrected chi connectivity index (χ4v) is 3.37. The van der Waals surface area contributed by atoms with Gasteiger partial charge in [-0.05, 0) is 17.7 Å². The Morgan fingerprint density at radius 3 is 2.43 bits per heavy atom. The van der Waals surface area contributed by atoms with E-state index in [9.17, 15) is 26.4 Å². The molecule has 0 unspecified atom stereocenters. The van der Waals surface area contributed by atoms with Crippen LogP contribution in [0.3, 0.4) is 0 Å². The number of hydrogen-bond donors (Lipinski definition) is 1. The fourth-order valence-electron chi connectivity index (χ4n) is 1.63. The Bertz CT molecular complexity index is 744. The first-order valence-electron chi connectivity index (χ1n) is 5.96. The first-order chi connectivity index (χ1) is 10.5. The van der Waals surface area contributed by atoms with E-state index in [2.05, 4.69) is 0 Å². The quantitative estimate of drug-likeness (QED) is 0.767. The van der Waals surface area contributed by atoms with Gasteiger partial charge in [-0.25, -0.2) is 8.42 Å². The number of primary amides is 1. The van der Waals surface area contributed by atoms with Crippen molar-refractivity contribution >= 4 is 27.5 Å². The smallest absolute Gasteiger partial charge is 0.369 e. The number of nitrogens with zero attached hydrogens (tertiary/aromatic N) is 2. The second kappa shape index (κ2) is 7.16. The molecule has 1 aromatic carbocycles. The van der Waals surface area contributed by atoms with Crippen LogP contribution < -0.4 is 5.73 Å². The second-order valence-corrected chi connectivity index (χ2v) is 6.83. The number of amides is 1. The largest absolute Gasteiger partial charge is 0.416 e. The summed E-state index contributed by atoms with van der Waals surface area (Å²) in [5.41, 5.74) is 3.80. The molecule has 1 rings (SSSR count). The van der Waals surface area contributed by atoms with Gasteiger partial charge in [-0.2, -0.15) is 22.7 Å². The van der Waals surface area contributed by atoms with E-state index in [1.54, 1.807) is 6.07 Å². The number of sulfonamides is 1. The van der Waals surface area contributed by atoms with Gasteiger partial charge >= 0.3 is 6.18 Å². The van der Waals surface area contributed by atoms with Crippen molar-refractivity contribution in [2.75, 3.05) is 13.1 Å². The summed E-state index contributed by atoms with van der Waals surface area (Å²) in [5.74, 6) is -1.74. The topological polar surface area (TPSA) is 104 Å². The van der Waals surface area contributed by atoms with E-state index in [-0.39, 0.29) is 10.6 Å². The van der Waals surface area contributed by atoms with Gasteiger partial charge in [-0.3, -0.25) is 4.79 Å². The highest BCUT2D eigenvalue weighted by molar-refractivity contribution is 7.88. The fraction of sp³-hybridized carbons (Fsp3) is 0.333. The Kier molecular flexibility index (Phi) is 5.98. The van der Waals surface area contributed by atoms with Crippen LogP contribution in [-0.2, 0) is 26.7 Å². The van der Waals surface area contributed by atoms with Gasteiger partial charge in [0, 0.05) is 5.02 Å². The summed E-state index contributed by atoms with van der Waals surface area (Å²) >= 11 is 5.69. The van der Waals surface area contributed by atoms with E-state index in [4.69, 9.17) is 22.6 Å². The van der Waals surface area contributed by atoms with Crippen LogP contribution in [0.25, 0.3) is 0 Å². The number of alkyl halides is 3. The van der Waals surface area contributed by atoms with Gasteiger partial charge in [0.05, 0.1) is 23.9 Å². The SMILES string of the molecule is N#CCN(CC(N)=O)S(=O)(=O)Cc1ccc(C(F)(F)F)cc1Cl. The van der Waals surface area contributed by atoms with Gasteiger partial charge in [0.2, 0.25) is 15.9 Å². The van der Waals surface area contributed by atoms with E-state index in [0.717, 1.165) is 6.07 Å². The third-order valence-electron chi connectivity index (χ3n) is 2.69. The molecule has 6 nitrogen and oxygen atoms in total. The van der Waals surface area contributed by atoms with Crippen molar-refractivity contribution in [3.63, 3.8) is 0 Å². The number of nitrogens with two attached hydrogens (primary N) is 1. The van der Waals surface area contributed by atoms with Gasteiger partial charge in [0.25, 0.3) is 0 Å². The highest BCUT2D eigenvalue weighted by Gasteiger charge is 2.31. The summed E-state index contributed by atoms with van der Waals surface area (Å²) in [6.07, 6.45) is -4.61. The number of carbonyl (C=O) groups is 1. The molecule has 0 aromatic heterocycles. The summed E-state index contributed by atoms with van der Waals surface area (Å²) in [6, 6.07) is 3.79. The maximum Gasteiger partial charge on any atom is 0.416 e. The van der Waals surface area contributed by atoms with Crippen LogP contribution in [0.1, 0.15) is 11.1 Å². The van der Waals surface area contributed by atoms with Gasteiger partial charge in [0.1, 0.15) is 6.54 Å². The van der Waals surface area contributed by atoms with Crippen molar-refractivity contribution in [3.05, 3.63) is 34.3 Å². The predicted molar refractivity (Wildman–Crippen MR) is 75.5 cm³/mol. The van der Waals surface area contributed by atoms with Crippen molar-refractivity contribution in [2.24, 2.45) is 5.73 Å². The van der Waals surface area contributed by atoms with Crippen LogP contribution in [0, 0.1) is 11.3 Å². The zero-order valence-electron chi connectivity index (χ0n) is 11.5. The molecule has 1 aromatic rings. The van der Waals surface area contributed by atoms with Crippen LogP contribution >= 0.6 is 11.6 Å². The van der Waals surface area contributed by atoms with Crippen LogP contribution in [0.15, 0.2) is 18.2 Å². The van der Waals surface area contributed by atoms with Gasteiger partial charge in [-0.15, -0.1) is 0 Å². The highest BCUT2D eigenvalue weighted by Crippen LogP contribution is 2.32. The van der Waals surface area contributed by atoms with Crippen molar-refractivity contribution in [3.8, 4) is 6.07 Å². The van der Waals surface area contributed by atoms with Crippen LogP contribution in [0.4, 0.5) is 13.2 Å². The third-order valence-corrected chi connectivity index (χ3v) is 4.76. The van der Waals surface area contributed by atoms with Gasteiger partial charge in [-0.1, -0.05) is 17.7 Å². The molecule has 0 spiro atoms. The normalized spacial score (nSPS) is 12.2. The zero-order chi connectivity index (χ0) is 17.8. The molecule has 2 N–H and O–H groups in total. The summed E-state index contributed by atoms with van der Waals surface area (Å²) in [7, 11) is -4.16. The molecule has 0 aliphatic rings. The zero-order valence-corrected chi connectivity index (χ0v) is 13.0. The minimum Gasteiger partial charge on any atom is -0.369 e. The molecule has 0 atom stereocenters. The molecule has 23 heavy (non-hydrogen) atoms. The van der Waals surface area contributed by atoms with Crippen LogP contribution in [0.5, 0.6) is 0 Å². The first-order valence-corrected chi connectivity index (χ1v) is 7.95. The number of benzene rings is 1. The molecular weight excluding hydrogens is 359 g/mol. The van der Waals surface area contributed by atoms with Crippen molar-refractivity contribution in [1.82, 2.24) is 4.31 Å². The maximum absolute atomic E-state index is 12.5. The molecule has 0 aliphatic carbocycles. The molecule has 0 aliphatic heterocycles. The van der Waals surface area contributed by atoms with Crippen LogP contribution in [0.2, 0.25) is 5.02 Å². The van der Waals surface area contributed by atoms with Crippen LogP contribution in [-0.4, -0.2) is 31.7 Å². The predicted octanol–water partition coefficient (Wildman–Crippen LogP) is 1.50. The van der Waals surface area contributed by atoms with Gasteiger partial charge < -0.3 is 5.73 Å². The van der Waals surface area contributed by atoms with Gasteiger partial charge in [0.15, 0.2) is 0 Å². The molecule has 0 fully saturated rings. The van der Waals surface area contributed by atoms with E-state index < -0.39 is 46.5 Å². The third kappa shape index (κ3) is 5.38. The number of carbonyl (C=O) groups excluding carboxylic acids is 1. The number of nitriles is 1. The first kappa shape index (κ1) is 19.2.